The van der Waals surface area contributed by atoms with Gasteiger partial charge in [-0.15, -0.1) is 0 Å². The Kier molecular flexibility index (Phi) is 6.82. The third-order valence-electron chi connectivity index (χ3n) is 3.38. The molecule has 0 radical (unpaired) electrons. The summed E-state index contributed by atoms with van der Waals surface area (Å²) in [5.41, 5.74) is -0.599. The van der Waals surface area contributed by atoms with Gasteiger partial charge >= 0.3 is 6.18 Å². The molecule has 0 spiro atoms. The summed E-state index contributed by atoms with van der Waals surface area (Å²) >= 11 is 5.66. The molecule has 1 amide bonds. The molecule has 9 heteroatoms. The second kappa shape index (κ2) is 8.86. The van der Waals surface area contributed by atoms with Crippen molar-refractivity contribution >= 4 is 28.9 Å². The molecule has 26 heavy (non-hydrogen) atoms. The van der Waals surface area contributed by atoms with Gasteiger partial charge < -0.3 is 15.4 Å². The quantitative estimate of drug-likeness (QED) is 0.697. The normalized spacial score (nSPS) is 11.3. The van der Waals surface area contributed by atoms with Crippen LogP contribution in [-0.4, -0.2) is 31.2 Å². The first kappa shape index (κ1) is 20.0. The fraction of sp³-hybridized carbons (Fsp3) is 0.294. The van der Waals surface area contributed by atoms with E-state index in [1.54, 1.807) is 7.11 Å². The number of hydrogen-bond acceptors (Lipinski definition) is 4. The van der Waals surface area contributed by atoms with Gasteiger partial charge in [-0.05, 0) is 30.7 Å². The predicted octanol–water partition coefficient (Wildman–Crippen LogP) is 4.26. The van der Waals surface area contributed by atoms with Crippen LogP contribution in [-0.2, 0) is 10.9 Å². The molecule has 0 saturated carbocycles. The van der Waals surface area contributed by atoms with Crippen molar-refractivity contribution in [2.45, 2.75) is 12.6 Å². The smallest absolute Gasteiger partial charge is 0.385 e. The zero-order chi connectivity index (χ0) is 19.2. The molecule has 2 aromatic rings. The van der Waals surface area contributed by atoms with Gasteiger partial charge in [0.15, 0.2) is 0 Å². The van der Waals surface area contributed by atoms with Crippen molar-refractivity contribution in [3.63, 3.8) is 0 Å². The second-order valence-corrected chi connectivity index (χ2v) is 5.81. The van der Waals surface area contributed by atoms with Gasteiger partial charge in [-0.2, -0.15) is 13.2 Å². The van der Waals surface area contributed by atoms with E-state index in [0.717, 1.165) is 6.07 Å². The van der Waals surface area contributed by atoms with E-state index in [0.29, 0.717) is 19.6 Å². The Hall–Kier alpha value is -2.32. The number of rotatable bonds is 7. The maximum Gasteiger partial charge on any atom is 0.418 e. The standard InChI is InChI=1S/C17H17ClF3N3O2/c1-26-6-2-5-23-16(25)11-7-13(10-22-9-11)24-15-4-3-12(18)8-14(15)17(19,20)21/h3-4,7-10,24H,2,5-6H2,1H3,(H,23,25). The minimum Gasteiger partial charge on any atom is -0.385 e. The summed E-state index contributed by atoms with van der Waals surface area (Å²) < 4.78 is 44.3. The van der Waals surface area contributed by atoms with Gasteiger partial charge in [-0.25, -0.2) is 0 Å². The Morgan fingerprint density at radius 1 is 1.27 bits per heavy atom. The van der Waals surface area contributed by atoms with Crippen LogP contribution in [0.4, 0.5) is 24.5 Å². The Bertz CT molecular complexity index is 769. The number of alkyl halides is 3. The molecule has 2 N–H and O–H groups in total. The number of halogens is 4. The van der Waals surface area contributed by atoms with E-state index in [1.807, 2.05) is 0 Å². The lowest BCUT2D eigenvalue weighted by Gasteiger charge is -2.15. The van der Waals surface area contributed by atoms with E-state index in [4.69, 9.17) is 16.3 Å². The van der Waals surface area contributed by atoms with Gasteiger partial charge in [-0.3, -0.25) is 9.78 Å². The van der Waals surface area contributed by atoms with Crippen molar-refractivity contribution in [2.24, 2.45) is 0 Å². The third kappa shape index (κ3) is 5.60. The van der Waals surface area contributed by atoms with Gasteiger partial charge in [0.05, 0.1) is 28.7 Å². The number of methoxy groups -OCH3 is 1. The van der Waals surface area contributed by atoms with Crippen molar-refractivity contribution in [2.75, 3.05) is 25.6 Å². The molecule has 0 aliphatic rings. The van der Waals surface area contributed by atoms with Crippen molar-refractivity contribution in [1.82, 2.24) is 10.3 Å². The van der Waals surface area contributed by atoms with E-state index < -0.39 is 11.7 Å². The molecule has 0 atom stereocenters. The van der Waals surface area contributed by atoms with Crippen molar-refractivity contribution < 1.29 is 22.7 Å². The van der Waals surface area contributed by atoms with Gasteiger partial charge in [0.2, 0.25) is 0 Å². The molecule has 1 aromatic heterocycles. The van der Waals surface area contributed by atoms with Crippen LogP contribution in [0.1, 0.15) is 22.3 Å². The summed E-state index contributed by atoms with van der Waals surface area (Å²) in [6.07, 6.45) is -1.26. The molecule has 1 aromatic carbocycles. The first-order valence-electron chi connectivity index (χ1n) is 7.67. The van der Waals surface area contributed by atoms with Crippen LogP contribution in [0.15, 0.2) is 36.7 Å². The van der Waals surface area contributed by atoms with E-state index in [2.05, 4.69) is 15.6 Å². The summed E-state index contributed by atoms with van der Waals surface area (Å²) in [5, 5.41) is 5.30. The largest absolute Gasteiger partial charge is 0.418 e. The number of ether oxygens (including phenoxy) is 1. The monoisotopic (exact) mass is 387 g/mol. The van der Waals surface area contributed by atoms with Crippen LogP contribution in [0.2, 0.25) is 5.02 Å². The van der Waals surface area contributed by atoms with Crippen LogP contribution < -0.4 is 10.6 Å². The Labute approximate surface area is 153 Å². The SMILES string of the molecule is COCCCNC(=O)c1cncc(Nc2ccc(Cl)cc2C(F)(F)F)c1. The number of pyridine rings is 1. The highest BCUT2D eigenvalue weighted by atomic mass is 35.5. The number of nitrogens with zero attached hydrogens (tertiary/aromatic N) is 1. The van der Waals surface area contributed by atoms with Crippen molar-refractivity contribution in [1.29, 1.82) is 0 Å². The van der Waals surface area contributed by atoms with E-state index in [9.17, 15) is 18.0 Å². The van der Waals surface area contributed by atoms with Crippen LogP contribution in [0.3, 0.4) is 0 Å². The summed E-state index contributed by atoms with van der Waals surface area (Å²) in [6.45, 7) is 0.927. The van der Waals surface area contributed by atoms with E-state index in [-0.39, 0.29) is 27.9 Å². The third-order valence-corrected chi connectivity index (χ3v) is 3.61. The molecular weight excluding hydrogens is 371 g/mol. The summed E-state index contributed by atoms with van der Waals surface area (Å²) in [5.74, 6) is -0.371. The number of aromatic nitrogens is 1. The lowest BCUT2D eigenvalue weighted by atomic mass is 10.1. The molecule has 0 unspecified atom stereocenters. The zero-order valence-electron chi connectivity index (χ0n) is 13.9. The van der Waals surface area contributed by atoms with E-state index in [1.165, 1.54) is 30.6 Å². The number of nitrogens with one attached hydrogen (secondary N) is 2. The van der Waals surface area contributed by atoms with Crippen LogP contribution in [0, 0.1) is 0 Å². The minimum atomic E-state index is -4.57. The van der Waals surface area contributed by atoms with Crippen molar-refractivity contribution in [3.05, 3.63) is 52.8 Å². The van der Waals surface area contributed by atoms with Crippen LogP contribution in [0.5, 0.6) is 0 Å². The minimum absolute atomic E-state index is 0.0230. The Morgan fingerprint density at radius 3 is 2.73 bits per heavy atom. The first-order valence-corrected chi connectivity index (χ1v) is 8.05. The molecule has 0 fully saturated rings. The highest BCUT2D eigenvalue weighted by Crippen LogP contribution is 2.37. The maximum absolute atomic E-state index is 13.2. The number of benzene rings is 1. The molecule has 5 nitrogen and oxygen atoms in total. The Balaban J connectivity index is 2.15. The zero-order valence-corrected chi connectivity index (χ0v) is 14.6. The first-order chi connectivity index (χ1) is 12.3. The highest BCUT2D eigenvalue weighted by Gasteiger charge is 2.33. The average Bonchev–Trinajstić information content (AvgIpc) is 2.59. The lowest BCUT2D eigenvalue weighted by Crippen LogP contribution is -2.25. The molecule has 140 valence electrons. The van der Waals surface area contributed by atoms with E-state index >= 15 is 0 Å². The second-order valence-electron chi connectivity index (χ2n) is 5.38. The maximum atomic E-state index is 13.2. The average molecular weight is 388 g/mol. The van der Waals surface area contributed by atoms with Gasteiger partial charge in [-0.1, -0.05) is 11.6 Å². The molecular formula is C17H17ClF3N3O2. The predicted molar refractivity (Wildman–Crippen MR) is 92.8 cm³/mol. The fourth-order valence-electron chi connectivity index (χ4n) is 2.17. The topological polar surface area (TPSA) is 63.2 Å². The molecule has 0 bridgehead atoms. The summed E-state index contributed by atoms with van der Waals surface area (Å²) in [4.78, 5) is 16.0. The highest BCUT2D eigenvalue weighted by molar-refractivity contribution is 6.30. The number of hydrogen-bond donors (Lipinski definition) is 2. The van der Waals surface area contributed by atoms with Gasteiger partial charge in [0, 0.05) is 31.5 Å². The van der Waals surface area contributed by atoms with Gasteiger partial charge in [0.1, 0.15) is 0 Å². The fourth-order valence-corrected chi connectivity index (χ4v) is 2.34. The number of anilines is 2. The molecule has 0 aliphatic carbocycles. The number of amides is 1. The summed E-state index contributed by atoms with van der Waals surface area (Å²) in [7, 11) is 1.56. The lowest BCUT2D eigenvalue weighted by molar-refractivity contribution is -0.136. The number of carbonyl (C=O) groups excluding carboxylic acids is 1. The molecule has 0 saturated heterocycles. The summed E-state index contributed by atoms with van der Waals surface area (Å²) in [6, 6.07) is 4.83. The molecule has 1 heterocycles. The molecule has 0 aliphatic heterocycles. The van der Waals surface area contributed by atoms with Gasteiger partial charge in [0.25, 0.3) is 5.91 Å². The van der Waals surface area contributed by atoms with Crippen molar-refractivity contribution in [3.8, 4) is 0 Å². The molecule has 2 rings (SSSR count). The van der Waals surface area contributed by atoms with Crippen LogP contribution in [0.25, 0.3) is 0 Å². The number of carbonyl (C=O) groups is 1. The Morgan fingerprint density at radius 2 is 2.04 bits per heavy atom. The van der Waals surface area contributed by atoms with Crippen LogP contribution >= 0.6 is 11.6 Å².